The average Bonchev–Trinajstić information content (AvgIpc) is 2.32. The maximum absolute atomic E-state index is 11.6. The Hall–Kier alpha value is -1.07. The van der Waals surface area contributed by atoms with Crippen molar-refractivity contribution in [1.82, 2.24) is 5.32 Å². The molecule has 1 heterocycles. The SMILES string of the molecule is Cc1ccc(S(C)(=O)=O)cc1NC1CCNCC1. The standard InChI is InChI=1S/C13H20N2O2S/c1-10-3-4-12(18(2,16)17)9-13(10)15-11-5-7-14-8-6-11/h3-4,9,11,14-15H,5-8H2,1-2H3. The molecule has 0 unspecified atom stereocenters. The van der Waals surface area contributed by atoms with E-state index in [1.165, 1.54) is 6.26 Å². The predicted molar refractivity (Wildman–Crippen MR) is 73.8 cm³/mol. The van der Waals surface area contributed by atoms with Gasteiger partial charge in [0.15, 0.2) is 9.84 Å². The Morgan fingerprint density at radius 1 is 1.28 bits per heavy atom. The van der Waals surface area contributed by atoms with Crippen molar-refractivity contribution in [2.75, 3.05) is 24.7 Å². The molecular weight excluding hydrogens is 248 g/mol. The van der Waals surface area contributed by atoms with Gasteiger partial charge in [-0.15, -0.1) is 0 Å². The molecule has 1 fully saturated rings. The van der Waals surface area contributed by atoms with Crippen LogP contribution in [0.5, 0.6) is 0 Å². The number of hydrogen-bond acceptors (Lipinski definition) is 4. The van der Waals surface area contributed by atoms with Crippen molar-refractivity contribution in [2.45, 2.75) is 30.7 Å². The van der Waals surface area contributed by atoms with Crippen LogP contribution in [0.4, 0.5) is 5.69 Å². The van der Waals surface area contributed by atoms with E-state index < -0.39 is 9.84 Å². The van der Waals surface area contributed by atoms with E-state index in [-0.39, 0.29) is 0 Å². The molecule has 1 saturated heterocycles. The molecule has 2 rings (SSSR count). The molecule has 0 aromatic heterocycles. The molecule has 4 nitrogen and oxygen atoms in total. The zero-order valence-electron chi connectivity index (χ0n) is 10.9. The lowest BCUT2D eigenvalue weighted by Gasteiger charge is -2.25. The molecule has 0 radical (unpaired) electrons. The summed E-state index contributed by atoms with van der Waals surface area (Å²) < 4.78 is 23.1. The van der Waals surface area contributed by atoms with Crippen molar-refractivity contribution in [2.24, 2.45) is 0 Å². The number of sulfone groups is 1. The fourth-order valence-electron chi connectivity index (χ4n) is 2.17. The summed E-state index contributed by atoms with van der Waals surface area (Å²) >= 11 is 0. The number of anilines is 1. The smallest absolute Gasteiger partial charge is 0.175 e. The summed E-state index contributed by atoms with van der Waals surface area (Å²) in [4.78, 5) is 0.379. The Bertz CT molecular complexity index is 520. The highest BCUT2D eigenvalue weighted by Crippen LogP contribution is 2.22. The van der Waals surface area contributed by atoms with E-state index in [4.69, 9.17) is 0 Å². The molecular formula is C13H20N2O2S. The molecule has 0 amide bonds. The van der Waals surface area contributed by atoms with Crippen LogP contribution in [0, 0.1) is 6.92 Å². The second-order valence-corrected chi connectivity index (χ2v) is 6.93. The van der Waals surface area contributed by atoms with Gasteiger partial charge in [-0.1, -0.05) is 6.07 Å². The van der Waals surface area contributed by atoms with E-state index >= 15 is 0 Å². The monoisotopic (exact) mass is 268 g/mol. The minimum Gasteiger partial charge on any atom is -0.382 e. The van der Waals surface area contributed by atoms with Gasteiger partial charge in [-0.25, -0.2) is 8.42 Å². The van der Waals surface area contributed by atoms with Crippen LogP contribution in [0.15, 0.2) is 23.1 Å². The molecule has 100 valence electrons. The van der Waals surface area contributed by atoms with E-state index in [2.05, 4.69) is 10.6 Å². The van der Waals surface area contributed by atoms with Gasteiger partial charge in [0.1, 0.15) is 0 Å². The fraction of sp³-hybridized carbons (Fsp3) is 0.538. The molecule has 1 aromatic carbocycles. The minimum absolute atomic E-state index is 0.379. The largest absolute Gasteiger partial charge is 0.382 e. The van der Waals surface area contributed by atoms with Crippen molar-refractivity contribution >= 4 is 15.5 Å². The first-order chi connectivity index (χ1) is 8.47. The highest BCUT2D eigenvalue weighted by atomic mass is 32.2. The van der Waals surface area contributed by atoms with Crippen LogP contribution >= 0.6 is 0 Å². The predicted octanol–water partition coefficient (Wildman–Crippen LogP) is 1.56. The highest BCUT2D eigenvalue weighted by molar-refractivity contribution is 7.90. The van der Waals surface area contributed by atoms with Gasteiger partial charge in [-0.05, 0) is 50.6 Å². The normalized spacial score (nSPS) is 17.7. The van der Waals surface area contributed by atoms with Crippen LogP contribution in [0.1, 0.15) is 18.4 Å². The van der Waals surface area contributed by atoms with E-state index in [0.717, 1.165) is 37.2 Å². The first-order valence-electron chi connectivity index (χ1n) is 6.25. The summed E-state index contributed by atoms with van der Waals surface area (Å²) in [5, 5.41) is 6.77. The van der Waals surface area contributed by atoms with Crippen molar-refractivity contribution in [1.29, 1.82) is 0 Å². The molecule has 0 spiro atoms. The first-order valence-corrected chi connectivity index (χ1v) is 8.14. The zero-order valence-corrected chi connectivity index (χ0v) is 11.7. The molecule has 1 aliphatic rings. The van der Waals surface area contributed by atoms with Gasteiger partial charge in [0.2, 0.25) is 0 Å². The van der Waals surface area contributed by atoms with Crippen molar-refractivity contribution in [3.63, 3.8) is 0 Å². The third-order valence-corrected chi connectivity index (χ3v) is 4.45. The lowest BCUT2D eigenvalue weighted by atomic mass is 10.1. The summed E-state index contributed by atoms with van der Waals surface area (Å²) in [6, 6.07) is 5.70. The van der Waals surface area contributed by atoms with Crippen molar-refractivity contribution < 1.29 is 8.42 Å². The van der Waals surface area contributed by atoms with E-state index in [1.807, 2.05) is 13.0 Å². The molecule has 5 heteroatoms. The number of rotatable bonds is 3. The minimum atomic E-state index is -3.14. The summed E-state index contributed by atoms with van der Waals surface area (Å²) in [6.07, 6.45) is 3.39. The first kappa shape index (κ1) is 13.4. The zero-order chi connectivity index (χ0) is 13.2. The molecule has 18 heavy (non-hydrogen) atoms. The van der Waals surface area contributed by atoms with Gasteiger partial charge in [-0.2, -0.15) is 0 Å². The van der Waals surface area contributed by atoms with Gasteiger partial charge >= 0.3 is 0 Å². The number of benzene rings is 1. The summed E-state index contributed by atoms with van der Waals surface area (Å²) in [5.74, 6) is 0. The van der Waals surface area contributed by atoms with Crippen LogP contribution in [0.3, 0.4) is 0 Å². The molecule has 0 bridgehead atoms. The Balaban J connectivity index is 2.21. The third-order valence-electron chi connectivity index (χ3n) is 3.34. The van der Waals surface area contributed by atoms with Gasteiger partial charge in [-0.3, -0.25) is 0 Å². The maximum Gasteiger partial charge on any atom is 0.175 e. The third kappa shape index (κ3) is 3.23. The Labute approximate surface area is 109 Å². The summed E-state index contributed by atoms with van der Waals surface area (Å²) in [5.41, 5.74) is 2.02. The lowest BCUT2D eigenvalue weighted by Crippen LogP contribution is -2.35. The number of aryl methyl sites for hydroxylation is 1. The molecule has 2 N–H and O–H groups in total. The summed E-state index contributed by atoms with van der Waals surface area (Å²) in [6.45, 7) is 4.03. The molecule has 1 aromatic rings. The molecule has 1 aliphatic heterocycles. The van der Waals surface area contributed by atoms with E-state index in [9.17, 15) is 8.42 Å². The van der Waals surface area contributed by atoms with Crippen LogP contribution in [0.25, 0.3) is 0 Å². The highest BCUT2D eigenvalue weighted by Gasteiger charge is 2.15. The van der Waals surface area contributed by atoms with Gasteiger partial charge < -0.3 is 10.6 Å². The van der Waals surface area contributed by atoms with Crippen molar-refractivity contribution in [3.05, 3.63) is 23.8 Å². The Morgan fingerprint density at radius 3 is 2.56 bits per heavy atom. The number of hydrogen-bond donors (Lipinski definition) is 2. The van der Waals surface area contributed by atoms with Crippen molar-refractivity contribution in [3.8, 4) is 0 Å². The number of piperidine rings is 1. The lowest BCUT2D eigenvalue weighted by molar-refractivity contribution is 0.479. The second-order valence-electron chi connectivity index (χ2n) is 4.92. The topological polar surface area (TPSA) is 58.2 Å². The second kappa shape index (κ2) is 5.28. The Kier molecular flexibility index (Phi) is 3.92. The van der Waals surface area contributed by atoms with Crippen LogP contribution < -0.4 is 10.6 Å². The molecule has 0 saturated carbocycles. The Morgan fingerprint density at radius 2 is 1.94 bits per heavy atom. The average molecular weight is 268 g/mol. The molecule has 0 aliphatic carbocycles. The summed E-state index contributed by atoms with van der Waals surface area (Å²) in [7, 11) is -3.14. The van der Waals surface area contributed by atoms with Crippen LogP contribution in [-0.2, 0) is 9.84 Å². The quantitative estimate of drug-likeness (QED) is 0.873. The van der Waals surface area contributed by atoms with Gasteiger partial charge in [0, 0.05) is 18.0 Å². The van der Waals surface area contributed by atoms with Crippen LogP contribution in [-0.4, -0.2) is 33.8 Å². The van der Waals surface area contributed by atoms with Gasteiger partial charge in [0.05, 0.1) is 4.90 Å². The number of nitrogens with one attached hydrogen (secondary N) is 2. The van der Waals surface area contributed by atoms with Gasteiger partial charge in [0.25, 0.3) is 0 Å². The van der Waals surface area contributed by atoms with E-state index in [1.54, 1.807) is 12.1 Å². The maximum atomic E-state index is 11.6. The van der Waals surface area contributed by atoms with Crippen LogP contribution in [0.2, 0.25) is 0 Å². The van der Waals surface area contributed by atoms with E-state index in [0.29, 0.717) is 10.9 Å². The fourth-order valence-corrected chi connectivity index (χ4v) is 2.82. The molecule has 0 atom stereocenters.